The number of carbonyl (C=O) groups is 1. The maximum Gasteiger partial charge on any atom is 0.251 e. The molecule has 0 aliphatic carbocycles. The standard InChI is InChI=1S/C15H11FN2O2/c1-18-15(19)10-4-2-5-11(8-10)20-14-7-3-6-13(16)12(14)9-17/h2-8H,1H3,(H,18,19). The lowest BCUT2D eigenvalue weighted by molar-refractivity contribution is 0.0963. The van der Waals surface area contributed by atoms with Gasteiger partial charge in [-0.1, -0.05) is 12.1 Å². The fourth-order valence-electron chi connectivity index (χ4n) is 1.67. The summed E-state index contributed by atoms with van der Waals surface area (Å²) in [6, 6.07) is 12.3. The third-order valence-corrected chi connectivity index (χ3v) is 2.64. The van der Waals surface area contributed by atoms with Crippen LogP contribution in [0.4, 0.5) is 4.39 Å². The first kappa shape index (κ1) is 13.6. The van der Waals surface area contributed by atoms with Gasteiger partial charge in [-0.3, -0.25) is 4.79 Å². The molecule has 2 aromatic rings. The van der Waals surface area contributed by atoms with E-state index in [4.69, 9.17) is 10.00 Å². The molecule has 100 valence electrons. The fraction of sp³-hybridized carbons (Fsp3) is 0.0667. The second kappa shape index (κ2) is 5.85. The topological polar surface area (TPSA) is 62.1 Å². The summed E-state index contributed by atoms with van der Waals surface area (Å²) < 4.78 is 18.9. The third kappa shape index (κ3) is 2.75. The molecule has 0 atom stereocenters. The maximum absolute atomic E-state index is 13.4. The van der Waals surface area contributed by atoms with Crippen LogP contribution in [-0.4, -0.2) is 13.0 Å². The molecule has 0 saturated heterocycles. The van der Waals surface area contributed by atoms with E-state index < -0.39 is 5.82 Å². The van der Waals surface area contributed by atoms with Crippen LogP contribution in [0.15, 0.2) is 42.5 Å². The highest BCUT2D eigenvalue weighted by molar-refractivity contribution is 5.94. The lowest BCUT2D eigenvalue weighted by Gasteiger charge is -2.09. The number of rotatable bonds is 3. The number of carbonyl (C=O) groups excluding carboxylic acids is 1. The van der Waals surface area contributed by atoms with E-state index in [0.29, 0.717) is 11.3 Å². The Hall–Kier alpha value is -2.87. The molecule has 1 amide bonds. The number of benzene rings is 2. The molecule has 0 radical (unpaired) electrons. The van der Waals surface area contributed by atoms with E-state index in [1.165, 1.54) is 31.3 Å². The summed E-state index contributed by atoms with van der Waals surface area (Å²) in [5.74, 6) is -0.433. The van der Waals surface area contributed by atoms with Crippen molar-refractivity contribution in [1.29, 1.82) is 5.26 Å². The van der Waals surface area contributed by atoms with E-state index in [-0.39, 0.29) is 17.2 Å². The second-order valence-electron chi connectivity index (χ2n) is 3.93. The van der Waals surface area contributed by atoms with Gasteiger partial charge >= 0.3 is 0 Å². The average molecular weight is 270 g/mol. The van der Waals surface area contributed by atoms with Crippen molar-refractivity contribution in [2.24, 2.45) is 0 Å². The van der Waals surface area contributed by atoms with Gasteiger partial charge in [0.1, 0.15) is 28.9 Å². The summed E-state index contributed by atoms with van der Waals surface area (Å²) in [4.78, 5) is 11.5. The zero-order valence-electron chi connectivity index (χ0n) is 10.7. The van der Waals surface area contributed by atoms with Gasteiger partial charge in [0.25, 0.3) is 5.91 Å². The van der Waals surface area contributed by atoms with E-state index >= 15 is 0 Å². The highest BCUT2D eigenvalue weighted by Crippen LogP contribution is 2.27. The van der Waals surface area contributed by atoms with Gasteiger partial charge in [-0.15, -0.1) is 0 Å². The van der Waals surface area contributed by atoms with Gasteiger partial charge in [0, 0.05) is 12.6 Å². The molecule has 0 spiro atoms. The molecular formula is C15H11FN2O2. The lowest BCUT2D eigenvalue weighted by atomic mass is 10.2. The molecule has 2 aromatic carbocycles. The van der Waals surface area contributed by atoms with Crippen LogP contribution in [-0.2, 0) is 0 Å². The van der Waals surface area contributed by atoms with E-state index in [0.717, 1.165) is 0 Å². The van der Waals surface area contributed by atoms with E-state index in [2.05, 4.69) is 5.32 Å². The molecule has 0 aliphatic rings. The van der Waals surface area contributed by atoms with Crippen LogP contribution in [0.3, 0.4) is 0 Å². The van der Waals surface area contributed by atoms with Crippen LogP contribution in [0.5, 0.6) is 11.5 Å². The molecule has 0 aromatic heterocycles. The van der Waals surface area contributed by atoms with Crippen LogP contribution < -0.4 is 10.1 Å². The number of amides is 1. The molecule has 2 rings (SSSR count). The van der Waals surface area contributed by atoms with E-state index in [1.807, 2.05) is 0 Å². The number of nitriles is 1. The number of halogens is 1. The molecule has 5 heteroatoms. The van der Waals surface area contributed by atoms with Gasteiger partial charge in [0.05, 0.1) is 0 Å². The summed E-state index contributed by atoms with van der Waals surface area (Å²) in [5, 5.41) is 11.4. The smallest absolute Gasteiger partial charge is 0.251 e. The normalized spacial score (nSPS) is 9.65. The largest absolute Gasteiger partial charge is 0.456 e. The third-order valence-electron chi connectivity index (χ3n) is 2.64. The SMILES string of the molecule is CNC(=O)c1cccc(Oc2cccc(F)c2C#N)c1. The number of nitrogens with one attached hydrogen (secondary N) is 1. The predicted molar refractivity (Wildman–Crippen MR) is 71.0 cm³/mol. The Morgan fingerprint density at radius 1 is 1.30 bits per heavy atom. The monoisotopic (exact) mass is 270 g/mol. The summed E-state index contributed by atoms with van der Waals surface area (Å²) in [6.07, 6.45) is 0. The molecular weight excluding hydrogens is 259 g/mol. The summed E-state index contributed by atoms with van der Waals surface area (Å²) in [6.45, 7) is 0. The van der Waals surface area contributed by atoms with Crippen molar-refractivity contribution in [2.75, 3.05) is 7.05 Å². The molecule has 1 N–H and O–H groups in total. The quantitative estimate of drug-likeness (QED) is 0.932. The Morgan fingerprint density at radius 2 is 2.05 bits per heavy atom. The second-order valence-corrected chi connectivity index (χ2v) is 3.93. The molecule has 0 bridgehead atoms. The number of hydrogen-bond acceptors (Lipinski definition) is 3. The number of ether oxygens (including phenoxy) is 1. The lowest BCUT2D eigenvalue weighted by Crippen LogP contribution is -2.17. The zero-order valence-corrected chi connectivity index (χ0v) is 10.7. The Kier molecular flexibility index (Phi) is 3.96. The average Bonchev–Trinajstić information content (AvgIpc) is 2.47. The number of hydrogen-bond donors (Lipinski definition) is 1. The van der Waals surface area contributed by atoms with Crippen molar-refractivity contribution in [1.82, 2.24) is 5.32 Å². The van der Waals surface area contributed by atoms with Crippen molar-refractivity contribution < 1.29 is 13.9 Å². The molecule has 0 unspecified atom stereocenters. The van der Waals surface area contributed by atoms with Crippen molar-refractivity contribution in [3.8, 4) is 17.6 Å². The Bertz CT molecular complexity index is 693. The van der Waals surface area contributed by atoms with Crippen molar-refractivity contribution in [3.63, 3.8) is 0 Å². The Balaban J connectivity index is 2.34. The van der Waals surface area contributed by atoms with Gasteiger partial charge in [0.15, 0.2) is 0 Å². The molecule has 4 nitrogen and oxygen atoms in total. The van der Waals surface area contributed by atoms with Gasteiger partial charge in [0.2, 0.25) is 0 Å². The molecule has 0 heterocycles. The predicted octanol–water partition coefficient (Wildman–Crippen LogP) is 2.85. The maximum atomic E-state index is 13.4. The summed E-state index contributed by atoms with van der Waals surface area (Å²) >= 11 is 0. The first-order valence-electron chi connectivity index (χ1n) is 5.84. The number of nitrogens with zero attached hydrogens (tertiary/aromatic N) is 1. The highest BCUT2D eigenvalue weighted by Gasteiger charge is 2.11. The first-order chi connectivity index (χ1) is 9.65. The van der Waals surface area contributed by atoms with E-state index in [9.17, 15) is 9.18 Å². The van der Waals surface area contributed by atoms with Crippen LogP contribution in [0.1, 0.15) is 15.9 Å². The van der Waals surface area contributed by atoms with Gasteiger partial charge in [-0.05, 0) is 30.3 Å². The molecule has 20 heavy (non-hydrogen) atoms. The van der Waals surface area contributed by atoms with Crippen molar-refractivity contribution in [3.05, 3.63) is 59.4 Å². The van der Waals surface area contributed by atoms with Crippen molar-refractivity contribution in [2.45, 2.75) is 0 Å². The molecule has 0 saturated carbocycles. The first-order valence-corrected chi connectivity index (χ1v) is 5.84. The summed E-state index contributed by atoms with van der Waals surface area (Å²) in [7, 11) is 1.52. The van der Waals surface area contributed by atoms with E-state index in [1.54, 1.807) is 24.3 Å². The minimum absolute atomic E-state index is 0.113. The van der Waals surface area contributed by atoms with Crippen molar-refractivity contribution >= 4 is 5.91 Å². The fourth-order valence-corrected chi connectivity index (χ4v) is 1.67. The summed E-state index contributed by atoms with van der Waals surface area (Å²) in [5.41, 5.74) is 0.248. The molecule has 0 fully saturated rings. The van der Waals surface area contributed by atoms with Crippen LogP contribution in [0, 0.1) is 17.1 Å². The molecule has 0 aliphatic heterocycles. The van der Waals surface area contributed by atoms with Gasteiger partial charge in [-0.2, -0.15) is 5.26 Å². The van der Waals surface area contributed by atoms with Gasteiger partial charge < -0.3 is 10.1 Å². The Labute approximate surface area is 115 Å². The minimum atomic E-state index is -0.646. The van der Waals surface area contributed by atoms with Crippen LogP contribution in [0.25, 0.3) is 0 Å². The zero-order chi connectivity index (χ0) is 14.5. The van der Waals surface area contributed by atoms with Crippen LogP contribution >= 0.6 is 0 Å². The van der Waals surface area contributed by atoms with Crippen LogP contribution in [0.2, 0.25) is 0 Å². The van der Waals surface area contributed by atoms with Gasteiger partial charge in [-0.25, -0.2) is 4.39 Å². The highest BCUT2D eigenvalue weighted by atomic mass is 19.1. The minimum Gasteiger partial charge on any atom is -0.456 e. The Morgan fingerprint density at radius 3 is 2.75 bits per heavy atom.